The Morgan fingerprint density at radius 3 is 2.37 bits per heavy atom. The molecule has 1 heterocycles. The summed E-state index contributed by atoms with van der Waals surface area (Å²) in [5.41, 5.74) is -1.35. The van der Waals surface area contributed by atoms with Crippen LogP contribution in [0, 0.1) is 0 Å². The molecule has 1 aromatic heterocycles. The molecule has 0 aliphatic heterocycles. The monoisotopic (exact) mass is 439 g/mol. The fraction of sp³-hybridized carbons (Fsp3) is 0.250. The lowest BCUT2D eigenvalue weighted by Gasteiger charge is -2.18. The molecule has 2 aromatic carbocycles. The van der Waals surface area contributed by atoms with Crippen LogP contribution in [0.3, 0.4) is 0 Å². The zero-order valence-corrected chi connectivity index (χ0v) is 16.9. The van der Waals surface area contributed by atoms with E-state index in [-0.39, 0.29) is 5.56 Å². The molecule has 0 radical (unpaired) electrons. The third-order valence-electron chi connectivity index (χ3n) is 4.37. The Balaban J connectivity index is 2.15. The first-order chi connectivity index (χ1) is 14.1. The number of hydrogen-bond acceptors (Lipinski definition) is 4. The van der Waals surface area contributed by atoms with Crippen molar-refractivity contribution in [3.8, 4) is 22.6 Å². The summed E-state index contributed by atoms with van der Waals surface area (Å²) in [5.74, 6) is 0.572. The molecule has 0 saturated carbocycles. The summed E-state index contributed by atoms with van der Waals surface area (Å²) in [6, 6.07) is 9.77. The molecule has 0 aliphatic carbocycles. The number of primary sulfonamides is 1. The molecule has 10 heteroatoms. The van der Waals surface area contributed by atoms with Crippen molar-refractivity contribution < 1.29 is 26.3 Å². The van der Waals surface area contributed by atoms with E-state index in [0.29, 0.717) is 17.9 Å². The van der Waals surface area contributed by atoms with Crippen LogP contribution in [-0.4, -0.2) is 24.8 Å². The number of alkyl halides is 3. The highest BCUT2D eigenvalue weighted by Crippen LogP contribution is 2.40. The number of rotatable bonds is 7. The predicted octanol–water partition coefficient (Wildman–Crippen LogP) is 4.38. The highest BCUT2D eigenvalue weighted by Gasteiger charge is 2.37. The van der Waals surface area contributed by atoms with Crippen LogP contribution in [0.2, 0.25) is 0 Å². The highest BCUT2D eigenvalue weighted by molar-refractivity contribution is 7.89. The normalized spacial score (nSPS) is 12.2. The van der Waals surface area contributed by atoms with Crippen LogP contribution in [0.25, 0.3) is 16.8 Å². The molecule has 0 spiro atoms. The molecule has 3 aromatic rings. The van der Waals surface area contributed by atoms with E-state index in [0.717, 1.165) is 29.7 Å². The Morgan fingerprint density at radius 2 is 1.83 bits per heavy atom. The van der Waals surface area contributed by atoms with E-state index in [9.17, 15) is 21.6 Å². The smallest absolute Gasteiger partial charge is 0.418 e. The van der Waals surface area contributed by atoms with Gasteiger partial charge in [0.2, 0.25) is 10.0 Å². The predicted molar refractivity (Wildman–Crippen MR) is 106 cm³/mol. The molecule has 0 saturated heterocycles. The van der Waals surface area contributed by atoms with E-state index in [1.807, 2.05) is 6.92 Å². The van der Waals surface area contributed by atoms with Crippen molar-refractivity contribution >= 4 is 10.0 Å². The number of aromatic nitrogens is 2. The lowest BCUT2D eigenvalue weighted by atomic mass is 10.0. The van der Waals surface area contributed by atoms with Crippen molar-refractivity contribution in [1.82, 2.24) is 9.78 Å². The molecule has 0 atom stereocenters. The van der Waals surface area contributed by atoms with Gasteiger partial charge in [-0.3, -0.25) is 0 Å². The van der Waals surface area contributed by atoms with Gasteiger partial charge in [0, 0.05) is 12.4 Å². The van der Waals surface area contributed by atoms with E-state index in [2.05, 4.69) is 5.10 Å². The zero-order valence-electron chi connectivity index (χ0n) is 16.1. The minimum Gasteiger partial charge on any atom is -0.494 e. The Bertz CT molecular complexity index is 1110. The molecule has 0 bridgehead atoms. The van der Waals surface area contributed by atoms with E-state index < -0.39 is 32.3 Å². The van der Waals surface area contributed by atoms with E-state index >= 15 is 0 Å². The number of nitrogens with zero attached hydrogens (tertiary/aromatic N) is 2. The second-order valence-electron chi connectivity index (χ2n) is 6.59. The SMILES string of the molecule is CCCCOc1ccc(-c2cc(C(F)(F)F)c(-n3cccn3)c(S(N)(=O)=O)c2)cc1. The number of sulfonamides is 1. The molecule has 160 valence electrons. The minimum atomic E-state index is -4.83. The van der Waals surface area contributed by atoms with Gasteiger partial charge in [0.05, 0.1) is 17.9 Å². The van der Waals surface area contributed by atoms with Crippen LogP contribution in [0.4, 0.5) is 13.2 Å². The van der Waals surface area contributed by atoms with Crippen molar-refractivity contribution in [2.75, 3.05) is 6.61 Å². The third kappa shape index (κ3) is 4.82. The van der Waals surface area contributed by atoms with Crippen molar-refractivity contribution in [3.05, 3.63) is 60.4 Å². The van der Waals surface area contributed by atoms with Gasteiger partial charge in [-0.05, 0) is 47.9 Å². The van der Waals surface area contributed by atoms with Crippen molar-refractivity contribution in [1.29, 1.82) is 0 Å². The van der Waals surface area contributed by atoms with Gasteiger partial charge < -0.3 is 4.74 Å². The molecular weight excluding hydrogens is 419 g/mol. The van der Waals surface area contributed by atoms with Gasteiger partial charge in [0.25, 0.3) is 0 Å². The molecule has 0 aliphatic rings. The summed E-state index contributed by atoms with van der Waals surface area (Å²) in [6.45, 7) is 2.56. The number of ether oxygens (including phenoxy) is 1. The number of unbranched alkanes of at least 4 members (excludes halogenated alkanes) is 1. The third-order valence-corrected chi connectivity index (χ3v) is 5.30. The molecule has 0 fully saturated rings. The summed E-state index contributed by atoms with van der Waals surface area (Å²) in [5, 5.41) is 9.02. The molecule has 0 unspecified atom stereocenters. The van der Waals surface area contributed by atoms with E-state index in [1.54, 1.807) is 24.3 Å². The van der Waals surface area contributed by atoms with Crippen LogP contribution in [0.1, 0.15) is 25.3 Å². The van der Waals surface area contributed by atoms with Gasteiger partial charge in [0.15, 0.2) is 0 Å². The molecule has 3 rings (SSSR count). The van der Waals surface area contributed by atoms with Crippen molar-refractivity contribution in [3.63, 3.8) is 0 Å². The maximum absolute atomic E-state index is 13.8. The van der Waals surface area contributed by atoms with Crippen LogP contribution in [0.15, 0.2) is 59.8 Å². The fourth-order valence-electron chi connectivity index (χ4n) is 2.92. The lowest BCUT2D eigenvalue weighted by molar-refractivity contribution is -0.137. The topological polar surface area (TPSA) is 87.2 Å². The summed E-state index contributed by atoms with van der Waals surface area (Å²) in [4.78, 5) is -0.667. The maximum atomic E-state index is 13.8. The van der Waals surface area contributed by atoms with Crippen molar-refractivity contribution in [2.45, 2.75) is 30.8 Å². The minimum absolute atomic E-state index is 0.0577. The molecular formula is C20H20F3N3O3S. The molecule has 2 N–H and O–H groups in total. The summed E-state index contributed by atoms with van der Waals surface area (Å²) >= 11 is 0. The van der Waals surface area contributed by atoms with E-state index in [4.69, 9.17) is 9.88 Å². The second kappa shape index (κ2) is 8.49. The first-order valence-electron chi connectivity index (χ1n) is 9.12. The molecule has 6 nitrogen and oxygen atoms in total. The maximum Gasteiger partial charge on any atom is 0.418 e. The second-order valence-corrected chi connectivity index (χ2v) is 8.12. The first-order valence-corrected chi connectivity index (χ1v) is 10.7. The van der Waals surface area contributed by atoms with Crippen LogP contribution in [0.5, 0.6) is 5.75 Å². The number of halogens is 3. The lowest BCUT2D eigenvalue weighted by Crippen LogP contribution is -2.20. The standard InChI is InChI=1S/C20H20F3N3O3S/c1-2-3-11-29-16-7-5-14(6-8-16)15-12-17(20(21,22)23)19(26-10-4-9-25-26)18(13-15)30(24,27)28/h4-10,12-13H,2-3,11H2,1H3,(H2,24,27,28). The van der Waals surface area contributed by atoms with Crippen LogP contribution >= 0.6 is 0 Å². The molecule has 0 amide bonds. The number of hydrogen-bond donors (Lipinski definition) is 1. The Morgan fingerprint density at radius 1 is 1.13 bits per heavy atom. The Hall–Kier alpha value is -2.85. The quantitative estimate of drug-likeness (QED) is 0.554. The largest absolute Gasteiger partial charge is 0.494 e. The summed E-state index contributed by atoms with van der Waals surface area (Å²) < 4.78 is 72.3. The zero-order chi connectivity index (χ0) is 21.9. The van der Waals surface area contributed by atoms with E-state index in [1.165, 1.54) is 18.5 Å². The summed E-state index contributed by atoms with van der Waals surface area (Å²) in [6.07, 6.45) is -0.514. The van der Waals surface area contributed by atoms with Crippen molar-refractivity contribution in [2.24, 2.45) is 5.14 Å². The van der Waals surface area contributed by atoms with Crippen LogP contribution < -0.4 is 9.88 Å². The Kier molecular flexibility index (Phi) is 6.18. The average molecular weight is 439 g/mol. The first kappa shape index (κ1) is 21.8. The summed E-state index contributed by atoms with van der Waals surface area (Å²) in [7, 11) is -4.48. The Labute approximate surface area is 172 Å². The number of benzene rings is 2. The van der Waals surface area contributed by atoms with Gasteiger partial charge in [0.1, 0.15) is 10.6 Å². The average Bonchev–Trinajstić information content (AvgIpc) is 3.21. The highest BCUT2D eigenvalue weighted by atomic mass is 32.2. The fourth-order valence-corrected chi connectivity index (χ4v) is 3.69. The van der Waals surface area contributed by atoms with Gasteiger partial charge in [-0.1, -0.05) is 25.5 Å². The van der Waals surface area contributed by atoms with Gasteiger partial charge in [-0.2, -0.15) is 18.3 Å². The van der Waals surface area contributed by atoms with Crippen LogP contribution in [-0.2, 0) is 16.2 Å². The van der Waals surface area contributed by atoms with Gasteiger partial charge >= 0.3 is 6.18 Å². The van der Waals surface area contributed by atoms with Gasteiger partial charge in [-0.25, -0.2) is 18.2 Å². The van der Waals surface area contributed by atoms with Gasteiger partial charge in [-0.15, -0.1) is 0 Å². The molecule has 30 heavy (non-hydrogen) atoms. The number of nitrogens with two attached hydrogens (primary N) is 1.